The summed E-state index contributed by atoms with van der Waals surface area (Å²) >= 11 is 20.6. The van der Waals surface area contributed by atoms with Gasteiger partial charge in [-0.2, -0.15) is 13.6 Å². The SMILES string of the molecule is Clc1nc2nc(C3CC3)nc(Cl)c2s1.O=C(NCc1ccc(OC(F)(F)F)c(F)c1)[C@H]1CN(c2nc3nc(C4CC4)nc(Cl)c3s2)CCN1S(=O)(=O)c1ccc(OC(F)(F)F)cc1.O=C(NCc1ccc(OC(F)(F)F)c(F)c1)[C@H]1CNCCN1S(=O)(=O)c1ccc(OC(F)(F)F)cc1. The number of anilines is 1. The molecule has 4 aromatic carbocycles. The molecule has 12 rings (SSSR count). The Morgan fingerprint density at radius 1 is 0.535 bits per heavy atom. The van der Waals surface area contributed by atoms with Gasteiger partial charge in [-0.1, -0.05) is 69.6 Å². The highest BCUT2D eigenvalue weighted by molar-refractivity contribution is 7.89. The zero-order valence-corrected chi connectivity index (χ0v) is 55.1. The number of nitrogens with one attached hydrogen (secondary N) is 3. The van der Waals surface area contributed by atoms with Crippen molar-refractivity contribution in [2.24, 2.45) is 0 Å². The van der Waals surface area contributed by atoms with Crippen molar-refractivity contribution >= 4 is 115 Å². The summed E-state index contributed by atoms with van der Waals surface area (Å²) in [6.45, 7) is -1.31. The highest BCUT2D eigenvalue weighted by Crippen LogP contribution is 2.43. The first-order valence-corrected chi connectivity index (χ1v) is 34.2. The molecule has 4 fully saturated rings. The molecule has 2 aliphatic heterocycles. The first-order chi connectivity index (χ1) is 46.4. The molecule has 6 heterocycles. The van der Waals surface area contributed by atoms with E-state index in [4.69, 9.17) is 34.8 Å². The monoisotopic (exact) mass is 1540 g/mol. The van der Waals surface area contributed by atoms with Crippen LogP contribution in [0.25, 0.3) is 20.7 Å². The lowest BCUT2D eigenvalue weighted by Crippen LogP contribution is -2.60. The largest absolute Gasteiger partial charge is 0.573 e. The summed E-state index contributed by atoms with van der Waals surface area (Å²) in [6, 6.07) is 9.20. The van der Waals surface area contributed by atoms with Gasteiger partial charge in [0.25, 0.3) is 0 Å². The van der Waals surface area contributed by atoms with E-state index in [-0.39, 0.29) is 72.9 Å². The lowest BCUT2D eigenvalue weighted by atomic mass is 10.1. The van der Waals surface area contributed by atoms with Crippen LogP contribution in [-0.2, 0) is 42.7 Å². The molecule has 43 heteroatoms. The Kier molecular flexibility index (Phi) is 22.1. The van der Waals surface area contributed by atoms with Gasteiger partial charge < -0.3 is 39.8 Å². The number of piperazine rings is 2. The van der Waals surface area contributed by atoms with E-state index in [1.54, 1.807) is 4.90 Å². The number of aromatic nitrogens is 6. The van der Waals surface area contributed by atoms with E-state index in [0.29, 0.717) is 42.5 Å². The molecule has 4 aromatic heterocycles. The molecule has 0 bridgehead atoms. The fraction of sp³-hybridized carbons (Fsp3) is 0.357. The molecule has 0 radical (unpaired) electrons. The Balaban J connectivity index is 0.000000184. The van der Waals surface area contributed by atoms with Gasteiger partial charge in [-0.3, -0.25) is 9.59 Å². The van der Waals surface area contributed by atoms with Crippen molar-refractivity contribution in [2.45, 2.75) is 97.9 Å². The number of amides is 2. The summed E-state index contributed by atoms with van der Waals surface area (Å²) in [4.78, 5) is 53.3. The molecular formula is C56H45Cl3F14N12O10S4. The Morgan fingerprint density at radius 3 is 1.39 bits per heavy atom. The van der Waals surface area contributed by atoms with Crippen LogP contribution in [0.15, 0.2) is 94.7 Å². The van der Waals surface area contributed by atoms with E-state index in [0.717, 1.165) is 141 Å². The van der Waals surface area contributed by atoms with Crippen LogP contribution < -0.4 is 39.8 Å². The van der Waals surface area contributed by atoms with Gasteiger partial charge in [0.2, 0.25) is 31.9 Å². The smallest absolute Gasteiger partial charge is 0.406 e. The maximum absolute atomic E-state index is 14.3. The number of rotatable bonds is 17. The molecule has 3 N–H and O–H groups in total. The van der Waals surface area contributed by atoms with Crippen molar-refractivity contribution in [3.63, 3.8) is 0 Å². The predicted octanol–water partition coefficient (Wildman–Crippen LogP) is 11.9. The molecule has 2 atom stereocenters. The average Bonchev–Trinajstić information content (AvgIpc) is 1.52. The van der Waals surface area contributed by atoms with Crippen LogP contribution in [0.4, 0.5) is 66.6 Å². The number of fused-ring (bicyclic) bond motifs is 2. The zero-order valence-electron chi connectivity index (χ0n) is 49.5. The van der Waals surface area contributed by atoms with Gasteiger partial charge in [-0.05, 0) is 110 Å². The Labute approximate surface area is 572 Å². The molecule has 2 saturated heterocycles. The number of nitrogens with zero attached hydrogens (tertiary/aromatic N) is 9. The van der Waals surface area contributed by atoms with Crippen LogP contribution in [0.1, 0.15) is 60.3 Å². The standard InChI is InChI=1S/C28H22ClF7N6O5S2.C20H18F7N3O5S.C8H5Cl2N3S/c29-22-21-24(39-23(38-22)15-2-3-15)40-26(48-21)41-9-10-42(49(44,45)17-6-4-16(5-7-17)46-27(31,32)33)19(13-41)25(43)37-12-14-1-8-20(18(30)11-14)47-28(34,35)36;21-15-9-12(1-6-17(15)35-20(25,26)27)10-29-18(31)16-11-28-7-8-30(16)36(32,33)14-4-2-13(3-5-14)34-19(22,23)24;9-5-4-7(13-8(10)14-4)12-6(11-5)3-1-2-3/h1,4-8,11,15,19H,2-3,9-10,12-13H2,(H,37,43);1-6,9,16,28H,7-8,10-11H2,(H,29,31);3H,1-2H2/t19-;16-;/m11./s1. The van der Waals surface area contributed by atoms with Gasteiger partial charge in [-0.15, -0.1) is 52.7 Å². The number of benzene rings is 4. The van der Waals surface area contributed by atoms with Crippen molar-refractivity contribution < 1.29 is 107 Å². The van der Waals surface area contributed by atoms with E-state index in [9.17, 15) is 87.9 Å². The van der Waals surface area contributed by atoms with Crippen LogP contribution >= 0.6 is 57.5 Å². The lowest BCUT2D eigenvalue weighted by Gasteiger charge is -2.39. The van der Waals surface area contributed by atoms with Crippen molar-refractivity contribution in [2.75, 3.05) is 44.2 Å². The normalized spacial score (nSPS) is 17.4. The van der Waals surface area contributed by atoms with Gasteiger partial charge in [0, 0.05) is 64.2 Å². The highest BCUT2D eigenvalue weighted by atomic mass is 35.5. The van der Waals surface area contributed by atoms with E-state index in [1.807, 2.05) is 0 Å². The number of carbonyl (C=O) groups excluding carboxylic acids is 2. The molecule has 0 spiro atoms. The number of ether oxygens (including phenoxy) is 4. The molecule has 2 saturated carbocycles. The summed E-state index contributed by atoms with van der Waals surface area (Å²) in [5, 5.41) is 8.75. The molecule has 0 unspecified atom stereocenters. The summed E-state index contributed by atoms with van der Waals surface area (Å²) in [6.07, 6.45) is -16.1. The van der Waals surface area contributed by atoms with Gasteiger partial charge in [-0.25, -0.2) is 50.5 Å². The van der Waals surface area contributed by atoms with Gasteiger partial charge in [0.1, 0.15) is 44.6 Å². The van der Waals surface area contributed by atoms with Crippen molar-refractivity contribution in [3.05, 3.63) is 134 Å². The van der Waals surface area contributed by atoms with E-state index < -0.39 is 115 Å². The van der Waals surface area contributed by atoms with Crippen molar-refractivity contribution in [1.82, 2.24) is 54.5 Å². The summed E-state index contributed by atoms with van der Waals surface area (Å²) in [5.74, 6) is -5.72. The minimum atomic E-state index is -5.13. The van der Waals surface area contributed by atoms with Crippen LogP contribution in [0, 0.1) is 11.6 Å². The predicted molar refractivity (Wildman–Crippen MR) is 326 cm³/mol. The van der Waals surface area contributed by atoms with Crippen LogP contribution in [0.3, 0.4) is 0 Å². The fourth-order valence-electron chi connectivity index (χ4n) is 9.63. The minimum Gasteiger partial charge on any atom is -0.406 e. The molecule has 2 aliphatic carbocycles. The van der Waals surface area contributed by atoms with Crippen LogP contribution in [0.5, 0.6) is 23.0 Å². The second-order valence-corrected chi connectivity index (χ2v) is 28.6. The first kappa shape index (κ1) is 74.1. The molecule has 8 aromatic rings. The molecule has 532 valence electrons. The molecule has 22 nitrogen and oxygen atoms in total. The van der Waals surface area contributed by atoms with Crippen LogP contribution in [0.2, 0.25) is 14.8 Å². The van der Waals surface area contributed by atoms with Gasteiger partial charge in [0.05, 0.1) is 9.79 Å². The number of hydrogen-bond acceptors (Lipinski definition) is 20. The maximum Gasteiger partial charge on any atom is 0.573 e. The Morgan fingerprint density at radius 2 is 0.960 bits per heavy atom. The van der Waals surface area contributed by atoms with Crippen LogP contribution in [-0.4, -0.2) is 144 Å². The number of thiazole rings is 2. The number of alkyl halides is 12. The second-order valence-electron chi connectivity index (χ2n) is 21.6. The highest BCUT2D eigenvalue weighted by Gasteiger charge is 2.43. The number of hydrogen-bond donors (Lipinski definition) is 3. The summed E-state index contributed by atoms with van der Waals surface area (Å²) in [5.41, 5.74) is 1.07. The second kappa shape index (κ2) is 29.6. The maximum atomic E-state index is 14.3. The molecular weight excluding hydrogens is 1500 g/mol. The van der Waals surface area contributed by atoms with Gasteiger partial charge in [0.15, 0.2) is 54.3 Å². The quantitative estimate of drug-likeness (QED) is 0.0565. The average molecular weight is 1550 g/mol. The molecule has 4 aliphatic rings. The third-order valence-electron chi connectivity index (χ3n) is 14.4. The van der Waals surface area contributed by atoms with Crippen molar-refractivity contribution in [3.8, 4) is 23.0 Å². The Hall–Kier alpha value is -7.57. The fourth-order valence-corrected chi connectivity index (χ4v) is 15.2. The van der Waals surface area contributed by atoms with Crippen molar-refractivity contribution in [1.29, 1.82) is 0 Å². The third kappa shape index (κ3) is 19.5. The minimum absolute atomic E-state index is 0.0323. The van der Waals surface area contributed by atoms with E-state index in [1.165, 1.54) is 11.3 Å². The van der Waals surface area contributed by atoms with Gasteiger partial charge >= 0.3 is 25.4 Å². The van der Waals surface area contributed by atoms with E-state index in [2.05, 4.69) is 64.8 Å². The lowest BCUT2D eigenvalue weighted by molar-refractivity contribution is -0.276. The zero-order chi connectivity index (χ0) is 71.7. The Bertz CT molecular complexity index is 4520. The topological polar surface area (TPSA) is 262 Å². The number of sulfonamides is 2. The molecule has 99 heavy (non-hydrogen) atoms. The van der Waals surface area contributed by atoms with E-state index >= 15 is 0 Å². The number of carbonyl (C=O) groups is 2. The third-order valence-corrected chi connectivity index (χ3v) is 21.3. The molecule has 2 amide bonds. The first-order valence-electron chi connectivity index (χ1n) is 28.5. The summed E-state index contributed by atoms with van der Waals surface area (Å²) < 4.78 is 249. The number of halogens is 17. The summed E-state index contributed by atoms with van der Waals surface area (Å²) in [7, 11) is -8.83.